The van der Waals surface area contributed by atoms with Crippen molar-refractivity contribution >= 4 is 32.3 Å². The summed E-state index contributed by atoms with van der Waals surface area (Å²) >= 11 is 0.783. The number of alkyl halides is 2. The number of rotatable bonds is 5. The molecule has 11 heteroatoms. The van der Waals surface area contributed by atoms with Crippen LogP contribution in [0, 0.1) is 5.82 Å². The van der Waals surface area contributed by atoms with Gasteiger partial charge in [0.1, 0.15) is 16.5 Å². The summed E-state index contributed by atoms with van der Waals surface area (Å²) in [5.74, 6) is -4.39. The quantitative estimate of drug-likeness (QED) is 0.809. The normalized spacial score (nSPS) is 18.7. The first-order valence-corrected chi connectivity index (χ1v) is 10.0. The van der Waals surface area contributed by atoms with Gasteiger partial charge in [-0.05, 0) is 31.2 Å². The van der Waals surface area contributed by atoms with E-state index in [1.165, 1.54) is 36.1 Å². The maximum atomic E-state index is 13.6. The molecule has 1 aliphatic rings. The van der Waals surface area contributed by atoms with Crippen molar-refractivity contribution in [2.45, 2.75) is 18.9 Å². The van der Waals surface area contributed by atoms with Crippen LogP contribution in [0.5, 0.6) is 0 Å². The average molecular weight is 417 g/mol. The molecule has 2 aromatic rings. The van der Waals surface area contributed by atoms with E-state index >= 15 is 0 Å². The first-order chi connectivity index (χ1) is 12.5. The Kier molecular flexibility index (Phi) is 4.76. The third-order valence-electron chi connectivity index (χ3n) is 4.10. The average Bonchev–Trinajstić information content (AvgIpc) is 3.05. The van der Waals surface area contributed by atoms with Crippen LogP contribution in [0.4, 0.5) is 18.2 Å². The fourth-order valence-corrected chi connectivity index (χ4v) is 4.04. The van der Waals surface area contributed by atoms with Gasteiger partial charge < -0.3 is 4.90 Å². The van der Waals surface area contributed by atoms with Crippen molar-refractivity contribution in [1.29, 1.82) is 0 Å². The summed E-state index contributed by atoms with van der Waals surface area (Å²) in [5, 5.41) is 0.622. The van der Waals surface area contributed by atoms with Crippen molar-refractivity contribution in [1.82, 2.24) is 9.71 Å². The highest BCUT2D eigenvalue weighted by molar-refractivity contribution is 7.92. The lowest BCUT2D eigenvalue weighted by molar-refractivity contribution is -0.0634. The van der Waals surface area contributed by atoms with Crippen LogP contribution in [-0.4, -0.2) is 37.8 Å². The maximum absolute atomic E-state index is 13.6. The number of halogens is 3. The lowest BCUT2D eigenvalue weighted by Crippen LogP contribution is -2.63. The number of sulfonamides is 1. The third-order valence-corrected chi connectivity index (χ3v) is 6.10. The van der Waals surface area contributed by atoms with Gasteiger partial charge in [0, 0.05) is 11.0 Å². The zero-order chi connectivity index (χ0) is 20.0. The number of carbonyl (C=O) groups is 1. The molecule has 2 heterocycles. The molecule has 0 bridgehead atoms. The molecule has 3 rings (SSSR count). The van der Waals surface area contributed by atoms with Gasteiger partial charge in [-0.2, -0.15) is 0 Å². The van der Waals surface area contributed by atoms with Crippen LogP contribution in [-0.2, 0) is 10.0 Å². The van der Waals surface area contributed by atoms with Gasteiger partial charge in [-0.1, -0.05) is 17.9 Å². The molecule has 1 aliphatic heterocycles. The summed E-state index contributed by atoms with van der Waals surface area (Å²) in [7, 11) is -4.03. The Morgan fingerprint density at radius 2 is 2.04 bits per heavy atom. The molecular weight excluding hydrogens is 403 g/mol. The highest BCUT2D eigenvalue weighted by Crippen LogP contribution is 2.45. The third kappa shape index (κ3) is 3.69. The van der Waals surface area contributed by atoms with Crippen molar-refractivity contribution < 1.29 is 26.4 Å². The largest absolute Gasteiger partial charge is 0.347 e. The molecule has 0 unspecified atom stereocenters. The first kappa shape index (κ1) is 19.4. The Labute approximate surface area is 157 Å². The van der Waals surface area contributed by atoms with Crippen molar-refractivity contribution in [2.75, 3.05) is 11.4 Å². The van der Waals surface area contributed by atoms with Gasteiger partial charge >= 0.3 is 0 Å². The van der Waals surface area contributed by atoms with Gasteiger partial charge in [-0.3, -0.25) is 4.79 Å². The second-order valence-corrected chi connectivity index (χ2v) is 8.49. The van der Waals surface area contributed by atoms with Crippen LogP contribution < -0.4 is 9.62 Å². The Morgan fingerprint density at radius 3 is 2.56 bits per heavy atom. The molecule has 0 radical (unpaired) electrons. The first-order valence-electron chi connectivity index (χ1n) is 7.65. The van der Waals surface area contributed by atoms with Crippen LogP contribution in [0.1, 0.15) is 16.7 Å². The monoisotopic (exact) mass is 417 g/mol. The second kappa shape index (κ2) is 6.64. The number of aromatic nitrogens is 1. The molecule has 1 fully saturated rings. The Balaban J connectivity index is 2.03. The SMILES string of the molecule is C=CS(=O)(=O)NC(=O)c1nc(-c2ccc(F)cc2)c(N2CC(F)(F)[C@H]2C)s1. The minimum Gasteiger partial charge on any atom is -0.347 e. The van der Waals surface area contributed by atoms with Gasteiger partial charge in [0.15, 0.2) is 5.01 Å². The summed E-state index contributed by atoms with van der Waals surface area (Å²) < 4.78 is 65.2. The minimum atomic E-state index is -4.03. The molecule has 27 heavy (non-hydrogen) atoms. The number of nitrogens with zero attached hydrogens (tertiary/aromatic N) is 2. The van der Waals surface area contributed by atoms with E-state index in [1.807, 2.05) is 0 Å². The van der Waals surface area contributed by atoms with Crippen LogP contribution in [0.2, 0.25) is 0 Å². The van der Waals surface area contributed by atoms with E-state index < -0.39 is 40.3 Å². The molecule has 1 amide bonds. The molecule has 0 saturated carbocycles. The molecule has 0 spiro atoms. The van der Waals surface area contributed by atoms with Gasteiger partial charge in [0.05, 0.1) is 12.6 Å². The van der Waals surface area contributed by atoms with Crippen LogP contribution in [0.3, 0.4) is 0 Å². The Bertz CT molecular complexity index is 1000. The highest BCUT2D eigenvalue weighted by Gasteiger charge is 2.53. The van der Waals surface area contributed by atoms with Gasteiger partial charge in [-0.25, -0.2) is 31.3 Å². The van der Waals surface area contributed by atoms with Gasteiger partial charge in [-0.15, -0.1) is 0 Å². The minimum absolute atomic E-state index is 0.198. The predicted octanol–water partition coefficient (Wildman–Crippen LogP) is 3.00. The number of hydrogen-bond donors (Lipinski definition) is 1. The molecule has 0 aliphatic carbocycles. The summed E-state index contributed by atoms with van der Waals surface area (Å²) in [6.45, 7) is 3.86. The zero-order valence-electron chi connectivity index (χ0n) is 13.9. The Morgan fingerprint density at radius 1 is 1.41 bits per heavy atom. The van der Waals surface area contributed by atoms with E-state index in [0.717, 1.165) is 11.3 Å². The molecule has 6 nitrogen and oxygen atoms in total. The molecule has 1 saturated heterocycles. The summed E-state index contributed by atoms with van der Waals surface area (Å²) in [6.07, 6.45) is 0. The lowest BCUT2D eigenvalue weighted by atomic mass is 10.00. The van der Waals surface area contributed by atoms with E-state index in [9.17, 15) is 26.4 Å². The van der Waals surface area contributed by atoms with Crippen LogP contribution >= 0.6 is 11.3 Å². The standard InChI is InChI=1S/C16H14F3N3O3S2/c1-3-27(24,25)21-13(23)14-20-12(10-4-6-11(17)7-5-10)15(26-14)22-8-16(18,19)9(22)2/h3-7,9H,1,8H2,2H3,(H,21,23)/t9-/m1/s1. The number of nitrogens with one attached hydrogen (secondary N) is 1. The van der Waals surface area contributed by atoms with E-state index in [1.54, 1.807) is 4.72 Å². The van der Waals surface area contributed by atoms with Crippen LogP contribution in [0.25, 0.3) is 11.3 Å². The number of benzene rings is 1. The summed E-state index contributed by atoms with van der Waals surface area (Å²) in [5.41, 5.74) is 0.610. The number of hydrogen-bond acceptors (Lipinski definition) is 6. The van der Waals surface area contributed by atoms with Gasteiger partial charge in [0.2, 0.25) is 0 Å². The number of carbonyl (C=O) groups excluding carboxylic acids is 1. The predicted molar refractivity (Wildman–Crippen MR) is 95.8 cm³/mol. The van der Waals surface area contributed by atoms with E-state index in [4.69, 9.17) is 0 Å². The number of anilines is 1. The number of thiazole rings is 1. The smallest absolute Gasteiger partial charge is 0.294 e. The molecule has 1 aromatic carbocycles. The highest BCUT2D eigenvalue weighted by atomic mass is 32.2. The van der Waals surface area contributed by atoms with Crippen molar-refractivity contribution in [2.24, 2.45) is 0 Å². The maximum Gasteiger partial charge on any atom is 0.294 e. The van der Waals surface area contributed by atoms with Crippen molar-refractivity contribution in [3.05, 3.63) is 47.1 Å². The van der Waals surface area contributed by atoms with Gasteiger partial charge in [0.25, 0.3) is 21.9 Å². The molecule has 1 aromatic heterocycles. The molecule has 1 N–H and O–H groups in total. The fraction of sp³-hybridized carbons (Fsp3) is 0.250. The van der Waals surface area contributed by atoms with Crippen molar-refractivity contribution in [3.8, 4) is 11.3 Å². The molecule has 144 valence electrons. The second-order valence-electron chi connectivity index (χ2n) is 5.89. The number of amides is 1. The summed E-state index contributed by atoms with van der Waals surface area (Å²) in [4.78, 5) is 17.7. The van der Waals surface area contributed by atoms with E-state index in [2.05, 4.69) is 11.6 Å². The lowest BCUT2D eigenvalue weighted by Gasteiger charge is -2.46. The molecule has 1 atom stereocenters. The fourth-order valence-electron chi connectivity index (χ4n) is 2.47. The van der Waals surface area contributed by atoms with E-state index in [0.29, 0.717) is 11.0 Å². The topological polar surface area (TPSA) is 79.4 Å². The summed E-state index contributed by atoms with van der Waals surface area (Å²) in [6, 6.07) is 4.03. The van der Waals surface area contributed by atoms with Crippen LogP contribution in [0.15, 0.2) is 36.3 Å². The van der Waals surface area contributed by atoms with Crippen molar-refractivity contribution in [3.63, 3.8) is 0 Å². The molecular formula is C16H14F3N3O3S2. The van der Waals surface area contributed by atoms with E-state index in [-0.39, 0.29) is 15.7 Å². The Hall–Kier alpha value is -2.40. The zero-order valence-corrected chi connectivity index (χ0v) is 15.6.